The van der Waals surface area contributed by atoms with Gasteiger partial charge in [0.15, 0.2) is 0 Å². The Labute approximate surface area is 170 Å². The Hall–Kier alpha value is -2.41. The van der Waals surface area contributed by atoms with Crippen molar-refractivity contribution in [3.05, 3.63) is 69.1 Å². The number of benzene rings is 2. The van der Waals surface area contributed by atoms with Gasteiger partial charge in [0.25, 0.3) is 11.8 Å². The smallest absolute Gasteiger partial charge is 0.275 e. The zero-order valence-electron chi connectivity index (χ0n) is 14.5. The molecule has 3 aromatic rings. The minimum absolute atomic E-state index is 0.241. The summed E-state index contributed by atoms with van der Waals surface area (Å²) in [5, 5.41) is 6.11. The van der Waals surface area contributed by atoms with Crippen LogP contribution < -0.4 is 5.32 Å². The van der Waals surface area contributed by atoms with Gasteiger partial charge in [-0.1, -0.05) is 35.3 Å². The van der Waals surface area contributed by atoms with Gasteiger partial charge in [0.2, 0.25) is 0 Å². The first-order chi connectivity index (χ1) is 12.8. The number of hydrogen-bond acceptors (Lipinski definition) is 4. The van der Waals surface area contributed by atoms with Crippen LogP contribution in [0.1, 0.15) is 20.8 Å². The van der Waals surface area contributed by atoms with Gasteiger partial charge in [-0.05, 0) is 30.3 Å². The monoisotopic (exact) mass is 419 g/mol. The topological polar surface area (TPSA) is 62.3 Å². The maximum atomic E-state index is 12.5. The fourth-order valence-electron chi connectivity index (χ4n) is 2.31. The number of nitrogens with zero attached hydrogens (tertiary/aromatic N) is 2. The van der Waals surface area contributed by atoms with Gasteiger partial charge in [0, 0.05) is 35.7 Å². The normalized spacial score (nSPS) is 10.5. The molecular weight excluding hydrogens is 405 g/mol. The van der Waals surface area contributed by atoms with Crippen LogP contribution in [0.25, 0.3) is 10.6 Å². The fraction of sp³-hybridized carbons (Fsp3) is 0.105. The van der Waals surface area contributed by atoms with E-state index in [9.17, 15) is 9.59 Å². The number of carbonyl (C=O) groups excluding carboxylic acids is 2. The molecule has 27 heavy (non-hydrogen) atoms. The summed E-state index contributed by atoms with van der Waals surface area (Å²) in [6, 6.07) is 12.0. The van der Waals surface area contributed by atoms with Crippen molar-refractivity contribution >= 4 is 52.0 Å². The lowest BCUT2D eigenvalue weighted by Gasteiger charge is -2.13. The van der Waals surface area contributed by atoms with Gasteiger partial charge in [-0.2, -0.15) is 0 Å². The van der Waals surface area contributed by atoms with Gasteiger partial charge in [0.05, 0.1) is 10.6 Å². The standard InChI is InChI=1S/C19H15Cl2N3O2S/c1-24(2)19(26)14-9-13(7-8-15(14)21)22-17(25)16-10-27-18(23-16)11-3-5-12(20)6-4-11/h3-10H,1-2H3,(H,22,25). The minimum atomic E-state index is -0.364. The molecule has 8 heteroatoms. The Morgan fingerprint density at radius 1 is 1.07 bits per heavy atom. The first kappa shape index (κ1) is 19.4. The Morgan fingerprint density at radius 2 is 1.78 bits per heavy atom. The third kappa shape index (κ3) is 4.47. The molecule has 0 aliphatic rings. The number of thiazole rings is 1. The third-order valence-corrected chi connectivity index (χ3v) is 5.16. The van der Waals surface area contributed by atoms with Gasteiger partial charge in [0.1, 0.15) is 10.7 Å². The number of halogens is 2. The maximum Gasteiger partial charge on any atom is 0.275 e. The third-order valence-electron chi connectivity index (χ3n) is 3.69. The summed E-state index contributed by atoms with van der Waals surface area (Å²) in [7, 11) is 3.27. The van der Waals surface area contributed by atoms with Crippen LogP contribution in [0.2, 0.25) is 10.0 Å². The molecule has 0 atom stereocenters. The molecule has 1 N–H and O–H groups in total. The molecule has 3 rings (SSSR count). The highest BCUT2D eigenvalue weighted by molar-refractivity contribution is 7.13. The summed E-state index contributed by atoms with van der Waals surface area (Å²) in [4.78, 5) is 30.5. The zero-order valence-corrected chi connectivity index (χ0v) is 16.8. The van der Waals surface area contributed by atoms with Gasteiger partial charge in [-0.3, -0.25) is 9.59 Å². The van der Waals surface area contributed by atoms with E-state index in [0.29, 0.717) is 27.0 Å². The molecule has 0 aliphatic heterocycles. The Bertz CT molecular complexity index is 1000. The van der Waals surface area contributed by atoms with Crippen LogP contribution in [0.15, 0.2) is 47.8 Å². The van der Waals surface area contributed by atoms with E-state index in [-0.39, 0.29) is 11.8 Å². The molecular formula is C19H15Cl2N3O2S. The van der Waals surface area contributed by atoms with E-state index in [1.807, 2.05) is 12.1 Å². The van der Waals surface area contributed by atoms with Crippen LogP contribution >= 0.6 is 34.5 Å². The molecule has 0 spiro atoms. The van der Waals surface area contributed by atoms with Crippen LogP contribution in [0, 0.1) is 0 Å². The van der Waals surface area contributed by atoms with Gasteiger partial charge >= 0.3 is 0 Å². The van der Waals surface area contributed by atoms with Crippen molar-refractivity contribution in [2.24, 2.45) is 0 Å². The zero-order chi connectivity index (χ0) is 19.6. The van der Waals surface area contributed by atoms with Gasteiger partial charge in [-0.25, -0.2) is 4.98 Å². The number of aromatic nitrogens is 1. The summed E-state index contributed by atoms with van der Waals surface area (Å²) < 4.78 is 0. The first-order valence-electron chi connectivity index (χ1n) is 7.89. The van der Waals surface area contributed by atoms with Crippen LogP contribution in [-0.4, -0.2) is 35.8 Å². The molecule has 2 amide bonds. The van der Waals surface area contributed by atoms with Crippen molar-refractivity contribution in [3.63, 3.8) is 0 Å². The molecule has 0 aliphatic carbocycles. The lowest BCUT2D eigenvalue weighted by atomic mass is 10.1. The number of rotatable bonds is 4. The average Bonchev–Trinajstić information content (AvgIpc) is 3.13. The Kier molecular flexibility index (Phi) is 5.79. The number of carbonyl (C=O) groups is 2. The van der Waals surface area contributed by atoms with Crippen LogP contribution in [0.4, 0.5) is 5.69 Å². The van der Waals surface area contributed by atoms with Crippen LogP contribution in [0.3, 0.4) is 0 Å². The molecule has 0 bridgehead atoms. The van der Waals surface area contributed by atoms with Crippen LogP contribution in [-0.2, 0) is 0 Å². The molecule has 0 radical (unpaired) electrons. The number of nitrogens with one attached hydrogen (secondary N) is 1. The van der Waals surface area contributed by atoms with Crippen molar-refractivity contribution < 1.29 is 9.59 Å². The number of anilines is 1. The highest BCUT2D eigenvalue weighted by Crippen LogP contribution is 2.26. The first-order valence-corrected chi connectivity index (χ1v) is 9.52. The van der Waals surface area contributed by atoms with Crippen molar-refractivity contribution in [2.45, 2.75) is 0 Å². The second-order valence-electron chi connectivity index (χ2n) is 5.89. The molecule has 1 aromatic heterocycles. The molecule has 1 heterocycles. The van der Waals surface area contributed by atoms with Crippen molar-refractivity contribution in [2.75, 3.05) is 19.4 Å². The van der Waals surface area contributed by atoms with E-state index in [1.54, 1.807) is 49.8 Å². The minimum Gasteiger partial charge on any atom is -0.345 e. The number of amides is 2. The summed E-state index contributed by atoms with van der Waals surface area (Å²) in [5.41, 5.74) is 1.96. The Morgan fingerprint density at radius 3 is 2.44 bits per heavy atom. The summed E-state index contributed by atoms with van der Waals surface area (Å²) in [6.45, 7) is 0. The van der Waals surface area contributed by atoms with Crippen LogP contribution in [0.5, 0.6) is 0 Å². The predicted molar refractivity (Wildman–Crippen MR) is 110 cm³/mol. The van der Waals surface area contributed by atoms with Crippen molar-refractivity contribution in [1.29, 1.82) is 0 Å². The van der Waals surface area contributed by atoms with E-state index in [0.717, 1.165) is 10.6 Å². The molecule has 2 aromatic carbocycles. The van der Waals surface area contributed by atoms with E-state index in [1.165, 1.54) is 16.2 Å². The fourth-order valence-corrected chi connectivity index (χ4v) is 3.44. The van der Waals surface area contributed by atoms with Gasteiger partial charge < -0.3 is 10.2 Å². The molecule has 5 nitrogen and oxygen atoms in total. The SMILES string of the molecule is CN(C)C(=O)c1cc(NC(=O)c2csc(-c3ccc(Cl)cc3)n2)ccc1Cl. The van der Waals surface area contributed by atoms with E-state index >= 15 is 0 Å². The summed E-state index contributed by atoms with van der Waals surface area (Å²) in [5.74, 6) is -0.605. The predicted octanol–water partition coefficient (Wildman–Crippen LogP) is 5.07. The largest absolute Gasteiger partial charge is 0.345 e. The summed E-state index contributed by atoms with van der Waals surface area (Å²) >= 11 is 13.3. The van der Waals surface area contributed by atoms with E-state index in [4.69, 9.17) is 23.2 Å². The van der Waals surface area contributed by atoms with Gasteiger partial charge in [-0.15, -0.1) is 11.3 Å². The second kappa shape index (κ2) is 8.08. The average molecular weight is 420 g/mol. The molecule has 0 saturated carbocycles. The number of hydrogen-bond donors (Lipinski definition) is 1. The Balaban J connectivity index is 1.79. The lowest BCUT2D eigenvalue weighted by molar-refractivity contribution is 0.0827. The molecule has 138 valence electrons. The molecule has 0 unspecified atom stereocenters. The summed E-state index contributed by atoms with van der Waals surface area (Å²) in [6.07, 6.45) is 0. The maximum absolute atomic E-state index is 12.5. The quantitative estimate of drug-likeness (QED) is 0.641. The molecule has 0 saturated heterocycles. The second-order valence-corrected chi connectivity index (χ2v) is 7.59. The van der Waals surface area contributed by atoms with Crippen molar-refractivity contribution in [3.8, 4) is 10.6 Å². The highest BCUT2D eigenvalue weighted by Gasteiger charge is 2.16. The van der Waals surface area contributed by atoms with E-state index in [2.05, 4.69) is 10.3 Å². The lowest BCUT2D eigenvalue weighted by Crippen LogP contribution is -2.22. The van der Waals surface area contributed by atoms with E-state index < -0.39 is 0 Å². The molecule has 0 fully saturated rings. The highest BCUT2D eigenvalue weighted by atomic mass is 35.5. The van der Waals surface area contributed by atoms with Crippen molar-refractivity contribution in [1.82, 2.24) is 9.88 Å².